The number of hydrogen-bond donors (Lipinski definition) is 0. The van der Waals surface area contributed by atoms with Crippen molar-refractivity contribution >= 4 is 83.2 Å². The van der Waals surface area contributed by atoms with Gasteiger partial charge in [0.2, 0.25) is 7.59 Å². The number of hydrogen-bond acceptors (Lipinski definition) is 5. The summed E-state index contributed by atoms with van der Waals surface area (Å²) in [5.74, 6) is -0.850. The zero-order chi connectivity index (χ0) is 15.3. The van der Waals surface area contributed by atoms with Crippen molar-refractivity contribution in [2.75, 3.05) is 26.5 Å². The number of carbonyl (C=O) groups is 1. The Kier molecular flexibility index (Phi) is 8.69. The van der Waals surface area contributed by atoms with E-state index >= 15 is 0 Å². The molecule has 0 N–H and O–H groups in total. The van der Waals surface area contributed by atoms with Crippen LogP contribution >= 0.6 is 77.2 Å². The second-order valence-electron chi connectivity index (χ2n) is 3.12. The number of ether oxygens (including phenoxy) is 1. The highest BCUT2D eigenvalue weighted by Gasteiger charge is 2.36. The average molecular weight is 417 g/mol. The first kappa shape index (κ1) is 20.4. The van der Waals surface area contributed by atoms with E-state index < -0.39 is 40.5 Å². The lowest BCUT2D eigenvalue weighted by atomic mass is 10.8. The molecule has 5 nitrogen and oxygen atoms in total. The summed E-state index contributed by atoms with van der Waals surface area (Å²) in [7, 11) is -2.87. The zero-order valence-electron chi connectivity index (χ0n) is 9.38. The highest BCUT2D eigenvalue weighted by Crippen LogP contribution is 2.51. The van der Waals surface area contributed by atoms with Gasteiger partial charge in [0.15, 0.2) is 0 Å². The molecule has 0 fully saturated rings. The van der Waals surface area contributed by atoms with Gasteiger partial charge >= 0.3 is 13.6 Å². The van der Waals surface area contributed by atoms with E-state index in [9.17, 15) is 9.36 Å². The van der Waals surface area contributed by atoms with Gasteiger partial charge in [0.1, 0.15) is 19.4 Å². The van der Waals surface area contributed by atoms with Crippen molar-refractivity contribution < 1.29 is 23.1 Å². The van der Waals surface area contributed by atoms with E-state index in [2.05, 4.69) is 4.74 Å². The predicted molar refractivity (Wildman–Crippen MR) is 77.0 cm³/mol. The largest absolute Gasteiger partial charge is 0.469 e. The standard InChI is InChI=1S/C7H9Cl6O5P/c1-16-5(14)2-19(15,17-3-6(8,9)10)18-4-7(11,12)13/h2-4H2,1H3. The molecule has 0 aliphatic heterocycles. The van der Waals surface area contributed by atoms with Crippen LogP contribution in [-0.2, 0) is 23.1 Å². The summed E-state index contributed by atoms with van der Waals surface area (Å²) in [5, 5.41) is 0. The van der Waals surface area contributed by atoms with E-state index in [-0.39, 0.29) is 0 Å². The number of alkyl halides is 6. The molecule has 0 aromatic rings. The molecule has 0 unspecified atom stereocenters. The van der Waals surface area contributed by atoms with Gasteiger partial charge in [-0.3, -0.25) is 9.36 Å². The Morgan fingerprint density at radius 3 is 1.63 bits per heavy atom. The molecule has 0 saturated heterocycles. The smallest absolute Gasteiger partial charge is 0.342 e. The maximum atomic E-state index is 12.2. The molecule has 0 heterocycles. The minimum Gasteiger partial charge on any atom is -0.469 e. The third kappa shape index (κ3) is 11.7. The van der Waals surface area contributed by atoms with Crippen molar-refractivity contribution in [2.45, 2.75) is 7.59 Å². The van der Waals surface area contributed by atoms with Crippen LogP contribution in [0.15, 0.2) is 0 Å². The Balaban J connectivity index is 4.72. The fraction of sp³-hybridized carbons (Fsp3) is 0.857. The van der Waals surface area contributed by atoms with Crippen molar-refractivity contribution in [1.82, 2.24) is 0 Å². The second kappa shape index (κ2) is 8.11. The lowest BCUT2D eigenvalue weighted by Crippen LogP contribution is -2.20. The van der Waals surface area contributed by atoms with Crippen LogP contribution in [0.1, 0.15) is 0 Å². The number of carbonyl (C=O) groups excluding carboxylic acids is 1. The Morgan fingerprint density at radius 2 is 1.37 bits per heavy atom. The Labute approximate surface area is 140 Å². The molecule has 0 aliphatic rings. The molecule has 0 bridgehead atoms. The summed E-state index contributed by atoms with van der Waals surface area (Å²) in [6.07, 6.45) is -0.703. The van der Waals surface area contributed by atoms with Gasteiger partial charge in [0, 0.05) is 0 Å². The second-order valence-corrected chi connectivity index (χ2v) is 10.2. The van der Waals surface area contributed by atoms with Gasteiger partial charge < -0.3 is 13.8 Å². The summed E-state index contributed by atoms with van der Waals surface area (Å²) >= 11 is 32.6. The van der Waals surface area contributed by atoms with E-state index in [0.717, 1.165) is 7.11 Å². The Morgan fingerprint density at radius 1 is 1.00 bits per heavy atom. The summed E-state index contributed by atoms with van der Waals surface area (Å²) < 4.78 is 22.5. The van der Waals surface area contributed by atoms with Gasteiger partial charge in [-0.1, -0.05) is 69.6 Å². The van der Waals surface area contributed by atoms with Crippen LogP contribution in [-0.4, -0.2) is 40.0 Å². The highest BCUT2D eigenvalue weighted by molar-refractivity contribution is 7.54. The average Bonchev–Trinajstić information content (AvgIpc) is 2.22. The molecular weight excluding hydrogens is 408 g/mol. The predicted octanol–water partition coefficient (Wildman–Crippen LogP) is 4.13. The van der Waals surface area contributed by atoms with Crippen molar-refractivity contribution in [3.63, 3.8) is 0 Å². The third-order valence-electron chi connectivity index (χ3n) is 1.40. The first-order chi connectivity index (χ1) is 8.37. The van der Waals surface area contributed by atoms with Crippen molar-refractivity contribution in [2.24, 2.45) is 0 Å². The normalized spacial score (nSPS) is 13.4. The first-order valence-electron chi connectivity index (χ1n) is 4.45. The monoisotopic (exact) mass is 414 g/mol. The number of methoxy groups -OCH3 is 1. The summed E-state index contributed by atoms with van der Waals surface area (Å²) in [4.78, 5) is 11.1. The number of esters is 1. The van der Waals surface area contributed by atoms with Crippen LogP contribution < -0.4 is 0 Å². The first-order valence-corrected chi connectivity index (χ1v) is 8.45. The van der Waals surface area contributed by atoms with Crippen LogP contribution in [0.2, 0.25) is 0 Å². The molecule has 0 rings (SSSR count). The number of halogens is 6. The fourth-order valence-electron chi connectivity index (χ4n) is 0.694. The molecule has 19 heavy (non-hydrogen) atoms. The van der Waals surface area contributed by atoms with Crippen molar-refractivity contribution in [3.8, 4) is 0 Å². The van der Waals surface area contributed by atoms with Gasteiger partial charge in [-0.15, -0.1) is 0 Å². The van der Waals surface area contributed by atoms with Gasteiger partial charge in [-0.2, -0.15) is 0 Å². The Bertz CT molecular complexity index is 329. The molecule has 0 radical (unpaired) electrons. The maximum Gasteiger partial charge on any atom is 0.342 e. The Hall–Kier alpha value is 1.36. The van der Waals surface area contributed by atoms with Crippen LogP contribution in [0, 0.1) is 0 Å². The van der Waals surface area contributed by atoms with Gasteiger partial charge in [-0.25, -0.2) is 0 Å². The van der Waals surface area contributed by atoms with E-state index in [4.69, 9.17) is 78.7 Å². The summed E-state index contributed by atoms with van der Waals surface area (Å²) in [5.41, 5.74) is 0. The maximum absolute atomic E-state index is 12.2. The summed E-state index contributed by atoms with van der Waals surface area (Å²) in [6.45, 7) is -1.16. The molecule has 0 saturated carbocycles. The van der Waals surface area contributed by atoms with Crippen molar-refractivity contribution in [3.05, 3.63) is 0 Å². The summed E-state index contributed by atoms with van der Waals surface area (Å²) in [6, 6.07) is 0. The van der Waals surface area contributed by atoms with E-state index in [0.29, 0.717) is 0 Å². The van der Waals surface area contributed by atoms with Crippen molar-refractivity contribution in [1.29, 1.82) is 0 Å². The molecule has 12 heteroatoms. The molecule has 0 amide bonds. The highest BCUT2D eigenvalue weighted by atomic mass is 35.6. The number of rotatable bonds is 6. The molecule has 0 atom stereocenters. The van der Waals surface area contributed by atoms with E-state index in [1.54, 1.807) is 0 Å². The molecule has 0 aliphatic carbocycles. The van der Waals surface area contributed by atoms with Gasteiger partial charge in [0.05, 0.1) is 7.11 Å². The lowest BCUT2D eigenvalue weighted by Gasteiger charge is -2.21. The minimum atomic E-state index is -3.97. The lowest BCUT2D eigenvalue weighted by molar-refractivity contribution is -0.137. The quantitative estimate of drug-likeness (QED) is 0.370. The molecule has 0 aromatic heterocycles. The van der Waals surface area contributed by atoms with E-state index in [1.807, 2.05) is 0 Å². The van der Waals surface area contributed by atoms with Crippen LogP contribution in [0.5, 0.6) is 0 Å². The van der Waals surface area contributed by atoms with Gasteiger partial charge in [-0.05, 0) is 0 Å². The van der Waals surface area contributed by atoms with Crippen LogP contribution in [0.4, 0.5) is 0 Å². The van der Waals surface area contributed by atoms with Crippen LogP contribution in [0.3, 0.4) is 0 Å². The molecule has 0 aromatic carbocycles. The molecular formula is C7H9Cl6O5P. The van der Waals surface area contributed by atoms with Gasteiger partial charge in [0.25, 0.3) is 0 Å². The topological polar surface area (TPSA) is 61.8 Å². The fourth-order valence-corrected chi connectivity index (χ4v) is 2.96. The minimum absolute atomic E-state index is 0.578. The zero-order valence-corrected chi connectivity index (χ0v) is 14.8. The van der Waals surface area contributed by atoms with Crippen LogP contribution in [0.25, 0.3) is 0 Å². The van der Waals surface area contributed by atoms with E-state index in [1.165, 1.54) is 0 Å². The molecule has 114 valence electrons. The molecule has 0 spiro atoms. The third-order valence-corrected chi connectivity index (χ3v) is 3.75. The SMILES string of the molecule is COC(=O)CP(=O)(OCC(Cl)(Cl)Cl)OCC(Cl)(Cl)Cl.